The van der Waals surface area contributed by atoms with Gasteiger partial charge >= 0.3 is 0 Å². The number of rotatable bonds is 0. The van der Waals surface area contributed by atoms with Crippen molar-refractivity contribution >= 4 is 43.0 Å². The van der Waals surface area contributed by atoms with Crippen molar-refractivity contribution < 1.29 is 0 Å². The first-order valence-electron chi connectivity index (χ1n) is 3.59. The highest BCUT2D eigenvalue weighted by molar-refractivity contribution is 14.1. The van der Waals surface area contributed by atoms with Crippen LogP contribution in [0.2, 0.25) is 0 Å². The van der Waals surface area contributed by atoms with E-state index < -0.39 is 0 Å². The zero-order chi connectivity index (χ0) is 8.72. The summed E-state index contributed by atoms with van der Waals surface area (Å²) in [6.45, 7) is 2.00. The van der Waals surface area contributed by atoms with Crippen LogP contribution in [0.3, 0.4) is 0 Å². The van der Waals surface area contributed by atoms with Gasteiger partial charge in [-0.3, -0.25) is 0 Å². The van der Waals surface area contributed by atoms with Crippen molar-refractivity contribution in [2.24, 2.45) is 0 Å². The number of nitrogens with zero attached hydrogens (tertiary/aromatic N) is 2. The SMILES string of the molecule is Cc1nc2cccc(I)c2n1P. The minimum Gasteiger partial charge on any atom is -0.312 e. The molecule has 0 aliphatic rings. The van der Waals surface area contributed by atoms with Gasteiger partial charge in [-0.25, -0.2) is 4.98 Å². The molecular formula is C8H8IN2P. The molecule has 0 spiro atoms. The Bertz CT molecular complexity index is 436. The van der Waals surface area contributed by atoms with Crippen molar-refractivity contribution in [3.05, 3.63) is 27.6 Å². The number of aromatic nitrogens is 2. The second-order valence-electron chi connectivity index (χ2n) is 2.64. The van der Waals surface area contributed by atoms with Crippen LogP contribution >= 0.6 is 32.0 Å². The lowest BCUT2D eigenvalue weighted by molar-refractivity contribution is 1.12. The first-order valence-corrected chi connectivity index (χ1v) is 5.18. The Labute approximate surface area is 86.8 Å². The number of hydrogen-bond acceptors (Lipinski definition) is 1. The Balaban J connectivity index is 2.97. The molecular weight excluding hydrogens is 282 g/mol. The van der Waals surface area contributed by atoms with Crippen molar-refractivity contribution in [1.82, 2.24) is 9.32 Å². The van der Waals surface area contributed by atoms with E-state index >= 15 is 0 Å². The summed E-state index contributed by atoms with van der Waals surface area (Å²) in [4.78, 5) is 4.41. The average Bonchev–Trinajstić information content (AvgIpc) is 2.29. The van der Waals surface area contributed by atoms with E-state index in [1.165, 1.54) is 9.09 Å². The van der Waals surface area contributed by atoms with Gasteiger partial charge in [0.05, 0.1) is 11.0 Å². The fourth-order valence-corrected chi connectivity index (χ4v) is 2.56. The second-order valence-corrected chi connectivity index (χ2v) is 4.32. The lowest BCUT2D eigenvalue weighted by Crippen LogP contribution is -1.83. The summed E-state index contributed by atoms with van der Waals surface area (Å²) in [5.74, 6) is 1.03. The van der Waals surface area contributed by atoms with E-state index in [9.17, 15) is 0 Å². The Kier molecular flexibility index (Phi) is 2.09. The number of halogens is 1. The van der Waals surface area contributed by atoms with Gasteiger partial charge in [0, 0.05) is 3.57 Å². The van der Waals surface area contributed by atoms with E-state index in [1.807, 2.05) is 23.4 Å². The van der Waals surface area contributed by atoms with Crippen LogP contribution in [0.15, 0.2) is 18.2 Å². The van der Waals surface area contributed by atoms with E-state index in [1.54, 1.807) is 0 Å². The van der Waals surface area contributed by atoms with Crippen molar-refractivity contribution in [1.29, 1.82) is 0 Å². The molecule has 0 amide bonds. The highest BCUT2D eigenvalue weighted by Crippen LogP contribution is 2.23. The summed E-state index contributed by atoms with van der Waals surface area (Å²) < 4.78 is 3.28. The van der Waals surface area contributed by atoms with Crippen molar-refractivity contribution in [2.75, 3.05) is 0 Å². The number of imidazole rings is 1. The van der Waals surface area contributed by atoms with E-state index in [0.717, 1.165) is 11.3 Å². The predicted molar refractivity (Wildman–Crippen MR) is 62.3 cm³/mol. The van der Waals surface area contributed by atoms with Gasteiger partial charge in [0.2, 0.25) is 0 Å². The summed E-state index contributed by atoms with van der Waals surface area (Å²) in [6, 6.07) is 6.15. The molecule has 0 bridgehead atoms. The van der Waals surface area contributed by atoms with E-state index in [4.69, 9.17) is 0 Å². The van der Waals surface area contributed by atoms with Crippen LogP contribution in [-0.2, 0) is 0 Å². The predicted octanol–water partition coefficient (Wildman–Crippen LogP) is 2.59. The summed E-state index contributed by atoms with van der Waals surface area (Å²) in [6.07, 6.45) is 0. The molecule has 1 aromatic carbocycles. The molecule has 1 atom stereocenters. The largest absolute Gasteiger partial charge is 0.312 e. The van der Waals surface area contributed by atoms with Gasteiger partial charge in [-0.1, -0.05) is 6.07 Å². The van der Waals surface area contributed by atoms with Crippen molar-refractivity contribution in [2.45, 2.75) is 6.92 Å². The second kappa shape index (κ2) is 2.96. The minimum absolute atomic E-state index is 1.03. The molecule has 2 nitrogen and oxygen atoms in total. The van der Waals surface area contributed by atoms with E-state index in [2.05, 4.69) is 43.0 Å². The van der Waals surface area contributed by atoms with Crippen LogP contribution in [0, 0.1) is 10.5 Å². The summed E-state index contributed by atoms with van der Waals surface area (Å²) >= 11 is 2.32. The molecule has 1 heterocycles. The topological polar surface area (TPSA) is 17.8 Å². The van der Waals surface area contributed by atoms with Crippen LogP contribution in [0.1, 0.15) is 5.82 Å². The lowest BCUT2D eigenvalue weighted by atomic mass is 10.3. The molecule has 0 aliphatic heterocycles. The molecule has 1 unspecified atom stereocenters. The summed E-state index contributed by atoms with van der Waals surface area (Å²) in [5.41, 5.74) is 2.26. The monoisotopic (exact) mass is 290 g/mol. The molecule has 62 valence electrons. The first-order chi connectivity index (χ1) is 5.70. The highest BCUT2D eigenvalue weighted by atomic mass is 127. The molecule has 0 fully saturated rings. The Morgan fingerprint density at radius 2 is 2.25 bits per heavy atom. The van der Waals surface area contributed by atoms with Gasteiger partial charge < -0.3 is 4.34 Å². The van der Waals surface area contributed by atoms with Crippen LogP contribution < -0.4 is 0 Å². The Hall–Kier alpha value is -0.150. The van der Waals surface area contributed by atoms with Gasteiger partial charge in [0.1, 0.15) is 5.82 Å². The zero-order valence-electron chi connectivity index (χ0n) is 6.58. The molecule has 0 N–H and O–H groups in total. The van der Waals surface area contributed by atoms with E-state index in [-0.39, 0.29) is 0 Å². The molecule has 1 aromatic heterocycles. The quantitative estimate of drug-likeness (QED) is 0.538. The molecule has 4 heteroatoms. The van der Waals surface area contributed by atoms with Gasteiger partial charge in [0.25, 0.3) is 0 Å². The van der Waals surface area contributed by atoms with Crippen LogP contribution in [0.5, 0.6) is 0 Å². The molecule has 0 saturated carbocycles. The zero-order valence-corrected chi connectivity index (χ0v) is 9.89. The highest BCUT2D eigenvalue weighted by Gasteiger charge is 2.05. The van der Waals surface area contributed by atoms with Crippen LogP contribution in [0.4, 0.5) is 0 Å². The first kappa shape index (κ1) is 8.45. The number of fused-ring (bicyclic) bond motifs is 1. The van der Waals surface area contributed by atoms with Gasteiger partial charge in [-0.15, -0.1) is 0 Å². The maximum Gasteiger partial charge on any atom is 0.109 e. The third-order valence-corrected chi connectivity index (χ3v) is 3.34. The van der Waals surface area contributed by atoms with Crippen LogP contribution in [0.25, 0.3) is 11.0 Å². The maximum absolute atomic E-state index is 4.41. The average molecular weight is 290 g/mol. The number of aryl methyl sites for hydroxylation is 1. The summed E-state index contributed by atoms with van der Waals surface area (Å²) in [5, 5.41) is 0. The minimum atomic E-state index is 1.03. The molecule has 0 radical (unpaired) electrons. The Morgan fingerprint density at radius 3 is 2.92 bits per heavy atom. The standard InChI is InChI=1S/C8H8IN2P/c1-5-10-7-4-2-3-6(9)8(7)11(5)12/h2-4H,12H2,1H3. The normalized spacial score (nSPS) is 10.9. The number of hydrogen-bond donors (Lipinski definition) is 0. The van der Waals surface area contributed by atoms with Crippen LogP contribution in [-0.4, -0.2) is 9.32 Å². The molecule has 2 rings (SSSR count). The number of para-hydroxylation sites is 1. The fraction of sp³-hybridized carbons (Fsp3) is 0.125. The third-order valence-electron chi connectivity index (χ3n) is 1.84. The van der Waals surface area contributed by atoms with Crippen molar-refractivity contribution in [3.63, 3.8) is 0 Å². The van der Waals surface area contributed by atoms with Gasteiger partial charge in [-0.2, -0.15) is 0 Å². The fourth-order valence-electron chi connectivity index (χ4n) is 1.22. The lowest BCUT2D eigenvalue weighted by Gasteiger charge is -1.97. The summed E-state index contributed by atoms with van der Waals surface area (Å²) in [7, 11) is 2.67. The molecule has 0 saturated heterocycles. The Morgan fingerprint density at radius 1 is 1.50 bits per heavy atom. The molecule has 12 heavy (non-hydrogen) atoms. The third kappa shape index (κ3) is 1.15. The smallest absolute Gasteiger partial charge is 0.109 e. The van der Waals surface area contributed by atoms with Gasteiger partial charge in [-0.05, 0) is 51.0 Å². The maximum atomic E-state index is 4.41. The molecule has 2 aromatic rings. The van der Waals surface area contributed by atoms with Crippen molar-refractivity contribution in [3.8, 4) is 0 Å². The number of benzene rings is 1. The molecule has 0 aliphatic carbocycles. The van der Waals surface area contributed by atoms with Gasteiger partial charge in [0.15, 0.2) is 0 Å². The van der Waals surface area contributed by atoms with E-state index in [0.29, 0.717) is 0 Å².